The third-order valence-electron chi connectivity index (χ3n) is 6.43. The average Bonchev–Trinajstić information content (AvgIpc) is 2.91. The largest absolute Gasteiger partial charge is 0.484 e. The highest BCUT2D eigenvalue weighted by Gasteiger charge is 2.59. The molecule has 3 rings (SSSR count). The second kappa shape index (κ2) is 6.37. The molecule has 0 saturated heterocycles. The third-order valence-corrected chi connectivity index (χ3v) is 7.54. The molecule has 0 aromatic heterocycles. The smallest absolute Gasteiger partial charge is 0.277 e. The summed E-state index contributed by atoms with van der Waals surface area (Å²) in [5, 5.41) is 4.38. The molecule has 1 aromatic rings. The van der Waals surface area contributed by atoms with E-state index >= 15 is 0 Å². The van der Waals surface area contributed by atoms with E-state index in [-0.39, 0.29) is 28.2 Å². The van der Waals surface area contributed by atoms with E-state index in [9.17, 15) is 13.2 Å². The maximum atomic E-state index is 12.1. The summed E-state index contributed by atoms with van der Waals surface area (Å²) in [6.07, 6.45) is 4.39. The molecule has 2 unspecified atom stereocenters. The summed E-state index contributed by atoms with van der Waals surface area (Å²) in [4.78, 5) is 12.2. The van der Waals surface area contributed by atoms with Gasteiger partial charge in [-0.05, 0) is 48.8 Å². The van der Waals surface area contributed by atoms with E-state index in [2.05, 4.69) is 31.3 Å². The van der Waals surface area contributed by atoms with E-state index in [1.165, 1.54) is 18.6 Å². The van der Waals surface area contributed by atoms with Gasteiger partial charge in [-0.15, -0.1) is 0 Å². The number of rotatable bonds is 5. The predicted octanol–water partition coefficient (Wildman–Crippen LogP) is 2.79. The van der Waals surface area contributed by atoms with Crippen LogP contribution in [0.25, 0.3) is 0 Å². The Kier molecular flexibility index (Phi) is 4.63. The molecule has 7 heteroatoms. The van der Waals surface area contributed by atoms with Crippen molar-refractivity contribution < 1.29 is 17.9 Å². The third kappa shape index (κ3) is 3.24. The van der Waals surface area contributed by atoms with Crippen LogP contribution in [-0.2, 0) is 14.6 Å². The zero-order valence-electron chi connectivity index (χ0n) is 15.7. The van der Waals surface area contributed by atoms with Gasteiger partial charge in [-0.2, -0.15) is 5.10 Å². The first-order valence-electron chi connectivity index (χ1n) is 8.83. The topological polar surface area (TPSA) is 84.8 Å². The Morgan fingerprint density at radius 1 is 1.35 bits per heavy atom. The van der Waals surface area contributed by atoms with Crippen LogP contribution in [0, 0.1) is 16.7 Å². The van der Waals surface area contributed by atoms with Crippen LogP contribution in [-0.4, -0.2) is 32.9 Å². The summed E-state index contributed by atoms with van der Waals surface area (Å²) < 4.78 is 28.5. The van der Waals surface area contributed by atoms with E-state index in [1.54, 1.807) is 12.1 Å². The highest BCUT2D eigenvalue weighted by molar-refractivity contribution is 7.90. The van der Waals surface area contributed by atoms with Gasteiger partial charge < -0.3 is 4.74 Å². The minimum Gasteiger partial charge on any atom is -0.484 e. The first-order valence-corrected chi connectivity index (χ1v) is 10.7. The number of ether oxygens (including phenoxy) is 1. The zero-order chi connectivity index (χ0) is 19.2. The Morgan fingerprint density at radius 3 is 2.65 bits per heavy atom. The second-order valence-corrected chi connectivity index (χ2v) is 10.1. The van der Waals surface area contributed by atoms with Crippen LogP contribution in [0.4, 0.5) is 0 Å². The van der Waals surface area contributed by atoms with Crippen molar-refractivity contribution in [1.29, 1.82) is 0 Å². The van der Waals surface area contributed by atoms with Crippen molar-refractivity contribution in [1.82, 2.24) is 5.43 Å². The van der Waals surface area contributed by atoms with Gasteiger partial charge in [0.15, 0.2) is 16.4 Å². The van der Waals surface area contributed by atoms with Crippen LogP contribution >= 0.6 is 0 Å². The summed E-state index contributed by atoms with van der Waals surface area (Å²) in [7, 11) is -3.31. The molecule has 6 nitrogen and oxygen atoms in total. The molecule has 1 N–H and O–H groups in total. The highest BCUT2D eigenvalue weighted by Crippen LogP contribution is 2.63. The normalized spacial score (nSPS) is 28.3. The van der Waals surface area contributed by atoms with Crippen molar-refractivity contribution in [3.63, 3.8) is 0 Å². The Bertz CT molecular complexity index is 860. The van der Waals surface area contributed by atoms with Gasteiger partial charge in [-0.25, -0.2) is 13.8 Å². The zero-order valence-corrected chi connectivity index (χ0v) is 16.5. The number of amides is 1. The minimum atomic E-state index is -3.31. The lowest BCUT2D eigenvalue weighted by molar-refractivity contribution is -0.123. The minimum absolute atomic E-state index is 0.0373. The maximum absolute atomic E-state index is 12.1. The number of fused-ring (bicyclic) bond motifs is 2. The number of nitrogens with one attached hydrogen (secondary N) is 1. The van der Waals surface area contributed by atoms with Crippen molar-refractivity contribution in [2.45, 2.75) is 44.9 Å². The van der Waals surface area contributed by atoms with Crippen molar-refractivity contribution >= 4 is 21.5 Å². The first kappa shape index (κ1) is 18.9. The molecule has 2 aliphatic rings. The number of carbonyl (C=O) groups is 1. The van der Waals surface area contributed by atoms with Crippen LogP contribution in [0.3, 0.4) is 0 Å². The maximum Gasteiger partial charge on any atom is 0.277 e. The van der Waals surface area contributed by atoms with Gasteiger partial charge >= 0.3 is 0 Å². The number of hydrogen-bond donors (Lipinski definition) is 1. The summed E-state index contributed by atoms with van der Waals surface area (Å²) in [6.45, 7) is 6.59. The molecule has 0 radical (unpaired) electrons. The van der Waals surface area contributed by atoms with Crippen molar-refractivity contribution in [2.24, 2.45) is 21.8 Å². The molecule has 0 spiro atoms. The molecule has 2 bridgehead atoms. The van der Waals surface area contributed by atoms with Gasteiger partial charge in [0, 0.05) is 17.4 Å². The standard InChI is InChI=1S/C19H26N2O4S/c1-18(2)13-8-9-19(18,3)16(10-13)20-21-17(22)12-25-14-6-5-7-15(11-14)26(4,23)24/h5-7,11,13H,8-10,12H2,1-4H3,(H,21,22)/b20-16-. The van der Waals surface area contributed by atoms with Crippen LogP contribution in [0.1, 0.15) is 40.0 Å². The molecule has 0 heterocycles. The van der Waals surface area contributed by atoms with Crippen LogP contribution < -0.4 is 10.2 Å². The molecule has 1 amide bonds. The molecule has 142 valence electrons. The highest BCUT2D eigenvalue weighted by atomic mass is 32.2. The number of nitrogens with zero attached hydrogens (tertiary/aromatic N) is 1. The summed E-state index contributed by atoms with van der Waals surface area (Å²) in [6, 6.07) is 6.11. The fourth-order valence-electron chi connectivity index (χ4n) is 4.20. The van der Waals surface area contributed by atoms with E-state index in [4.69, 9.17) is 4.74 Å². The predicted molar refractivity (Wildman–Crippen MR) is 99.9 cm³/mol. The van der Waals surface area contributed by atoms with E-state index in [0.717, 1.165) is 24.8 Å². The number of sulfone groups is 1. The fraction of sp³-hybridized carbons (Fsp3) is 0.579. The van der Waals surface area contributed by atoms with E-state index in [0.29, 0.717) is 11.7 Å². The van der Waals surface area contributed by atoms with E-state index in [1.807, 2.05) is 0 Å². The molecular weight excluding hydrogens is 352 g/mol. The lowest BCUT2D eigenvalue weighted by Crippen LogP contribution is -2.35. The molecule has 2 aliphatic carbocycles. The van der Waals surface area contributed by atoms with Crippen molar-refractivity contribution in [2.75, 3.05) is 12.9 Å². The lowest BCUT2D eigenvalue weighted by atomic mass is 9.70. The molecule has 2 saturated carbocycles. The van der Waals surface area contributed by atoms with Gasteiger partial charge in [0.1, 0.15) is 5.75 Å². The number of carbonyl (C=O) groups excluding carboxylic acids is 1. The van der Waals surface area contributed by atoms with Crippen molar-refractivity contribution in [3.8, 4) is 5.75 Å². The molecule has 0 aliphatic heterocycles. The Balaban J connectivity index is 1.59. The van der Waals surface area contributed by atoms with Crippen molar-refractivity contribution in [3.05, 3.63) is 24.3 Å². The monoisotopic (exact) mass is 378 g/mol. The second-order valence-electron chi connectivity index (χ2n) is 8.12. The summed E-state index contributed by atoms with van der Waals surface area (Å²) in [5.74, 6) is 0.605. The van der Waals surface area contributed by atoms with Crippen LogP contribution in [0.2, 0.25) is 0 Å². The molecular formula is C19H26N2O4S. The first-order chi connectivity index (χ1) is 12.0. The molecule has 1 aromatic carbocycles. The summed E-state index contributed by atoms with van der Waals surface area (Å²) in [5.41, 5.74) is 3.90. The number of benzene rings is 1. The molecule has 2 atom stereocenters. The molecule has 2 fully saturated rings. The SMILES string of the molecule is CC12CCC(C/C1=N/NC(=O)COc1cccc(S(C)(=O)=O)c1)C2(C)C. The number of hydrazone groups is 1. The number of hydrogen-bond acceptors (Lipinski definition) is 5. The quantitative estimate of drug-likeness (QED) is 0.799. The Morgan fingerprint density at radius 2 is 2.08 bits per heavy atom. The van der Waals surface area contributed by atoms with Gasteiger partial charge in [0.05, 0.1) is 4.90 Å². The Hall–Kier alpha value is -1.89. The van der Waals surface area contributed by atoms with Crippen LogP contribution in [0.5, 0.6) is 5.75 Å². The van der Waals surface area contributed by atoms with Gasteiger partial charge in [-0.3, -0.25) is 4.79 Å². The fourth-order valence-corrected chi connectivity index (χ4v) is 4.86. The van der Waals surface area contributed by atoms with E-state index < -0.39 is 9.84 Å². The van der Waals surface area contributed by atoms with Gasteiger partial charge in [-0.1, -0.05) is 26.8 Å². The van der Waals surface area contributed by atoms with Crippen LogP contribution in [0.15, 0.2) is 34.3 Å². The van der Waals surface area contributed by atoms with Gasteiger partial charge in [0.25, 0.3) is 5.91 Å². The Labute approximate surface area is 154 Å². The lowest BCUT2D eigenvalue weighted by Gasteiger charge is -2.34. The molecule has 26 heavy (non-hydrogen) atoms. The summed E-state index contributed by atoms with van der Waals surface area (Å²) >= 11 is 0. The van der Waals surface area contributed by atoms with Gasteiger partial charge in [0.2, 0.25) is 0 Å². The average molecular weight is 378 g/mol.